The average Bonchev–Trinajstić information content (AvgIpc) is 2.72. The Morgan fingerprint density at radius 1 is 1.31 bits per heavy atom. The molecule has 0 amide bonds. The van der Waals surface area contributed by atoms with Gasteiger partial charge in [-0.05, 0) is 30.6 Å². The van der Waals surface area contributed by atoms with E-state index in [0.29, 0.717) is 23.5 Å². The third kappa shape index (κ3) is 0.622. The Labute approximate surface area is 78.3 Å². The quantitative estimate of drug-likeness (QED) is 0.659. The molecule has 4 fully saturated rings. The lowest BCUT2D eigenvalue weighted by Crippen LogP contribution is -2.44. The molecule has 0 radical (unpaired) electrons. The molecule has 13 heavy (non-hydrogen) atoms. The maximum Gasteiger partial charge on any atom is 0.139 e. The molecule has 72 valence electrons. The van der Waals surface area contributed by atoms with E-state index in [1.165, 1.54) is 0 Å². The molecule has 0 saturated heterocycles. The van der Waals surface area contributed by atoms with Gasteiger partial charge in [-0.1, -0.05) is 13.8 Å². The van der Waals surface area contributed by atoms with Crippen LogP contribution in [-0.4, -0.2) is 16.5 Å². The van der Waals surface area contributed by atoms with Crippen molar-refractivity contribution in [2.45, 2.75) is 32.3 Å². The molecule has 2 nitrogen and oxygen atoms in total. The van der Waals surface area contributed by atoms with Crippen LogP contribution >= 0.6 is 0 Å². The Hall–Kier alpha value is -0.370. The van der Waals surface area contributed by atoms with E-state index < -0.39 is 5.60 Å². The highest BCUT2D eigenvalue weighted by atomic mass is 16.3. The van der Waals surface area contributed by atoms with Crippen LogP contribution in [0.15, 0.2) is 0 Å². The van der Waals surface area contributed by atoms with Crippen molar-refractivity contribution < 1.29 is 9.90 Å². The summed E-state index contributed by atoms with van der Waals surface area (Å²) in [6, 6.07) is 0. The van der Waals surface area contributed by atoms with Crippen LogP contribution in [0.3, 0.4) is 0 Å². The molecule has 4 aliphatic carbocycles. The molecular weight excluding hydrogens is 164 g/mol. The highest BCUT2D eigenvalue weighted by molar-refractivity contribution is 5.90. The Morgan fingerprint density at radius 3 is 2.08 bits per heavy atom. The van der Waals surface area contributed by atoms with Crippen molar-refractivity contribution >= 4 is 5.78 Å². The van der Waals surface area contributed by atoms with Crippen LogP contribution in [0.4, 0.5) is 0 Å². The molecule has 1 N–H and O–H groups in total. The lowest BCUT2D eigenvalue weighted by Gasteiger charge is -2.35. The first-order chi connectivity index (χ1) is 6.06. The van der Waals surface area contributed by atoms with E-state index in [1.807, 2.05) is 0 Å². The highest BCUT2D eigenvalue weighted by Crippen LogP contribution is 2.67. The number of carbonyl (C=O) groups is 1. The van der Waals surface area contributed by atoms with Gasteiger partial charge in [0.05, 0.1) is 5.60 Å². The number of aliphatic hydroxyl groups is 1. The van der Waals surface area contributed by atoms with Crippen molar-refractivity contribution in [2.24, 2.45) is 29.6 Å². The van der Waals surface area contributed by atoms with Crippen LogP contribution in [0.25, 0.3) is 0 Å². The summed E-state index contributed by atoms with van der Waals surface area (Å²) in [5, 5.41) is 10.5. The minimum absolute atomic E-state index is 0.224. The molecular formula is C11H16O2. The number of hydrogen-bond donors (Lipinski definition) is 1. The van der Waals surface area contributed by atoms with E-state index in [4.69, 9.17) is 0 Å². The highest BCUT2D eigenvalue weighted by Gasteiger charge is 2.72. The van der Waals surface area contributed by atoms with Crippen LogP contribution in [-0.2, 0) is 4.79 Å². The predicted molar refractivity (Wildman–Crippen MR) is 48.0 cm³/mol. The van der Waals surface area contributed by atoms with Crippen LogP contribution in [0.1, 0.15) is 26.7 Å². The van der Waals surface area contributed by atoms with Gasteiger partial charge in [-0.25, -0.2) is 0 Å². The van der Waals surface area contributed by atoms with Gasteiger partial charge in [0.25, 0.3) is 0 Å². The fraction of sp³-hybridized carbons (Fsp3) is 0.909. The zero-order valence-corrected chi connectivity index (χ0v) is 8.16. The maximum absolute atomic E-state index is 11.6. The lowest BCUT2D eigenvalue weighted by atomic mass is 9.76. The maximum atomic E-state index is 11.6. The first-order valence-electron chi connectivity index (χ1n) is 5.33. The zero-order chi connectivity index (χ0) is 9.38. The van der Waals surface area contributed by atoms with Crippen molar-refractivity contribution in [1.29, 1.82) is 0 Å². The Bertz CT molecular complexity index is 262. The predicted octanol–water partition coefficient (Wildman–Crippen LogP) is 1.23. The van der Waals surface area contributed by atoms with Crippen molar-refractivity contribution in [3.8, 4) is 0 Å². The standard InChI is InChI=1S/C11H16O2/c1-5(2)11(13)8-3-6-9(11)4-7(8)10(6)12/h5-9,13H,3-4H2,1-2H3/t6-,7-,8-,9-/m0/s1. The van der Waals surface area contributed by atoms with E-state index in [2.05, 4.69) is 13.8 Å². The molecule has 4 saturated carbocycles. The molecule has 2 heteroatoms. The van der Waals surface area contributed by atoms with E-state index in [9.17, 15) is 9.90 Å². The van der Waals surface area contributed by atoms with Gasteiger partial charge in [0.1, 0.15) is 5.78 Å². The van der Waals surface area contributed by atoms with Gasteiger partial charge in [0.15, 0.2) is 0 Å². The zero-order valence-electron chi connectivity index (χ0n) is 8.16. The molecule has 0 unspecified atom stereocenters. The summed E-state index contributed by atoms with van der Waals surface area (Å²) < 4.78 is 0. The van der Waals surface area contributed by atoms with Crippen molar-refractivity contribution in [3.63, 3.8) is 0 Å². The van der Waals surface area contributed by atoms with Crippen LogP contribution in [0.2, 0.25) is 0 Å². The molecule has 0 spiro atoms. The van der Waals surface area contributed by atoms with Crippen molar-refractivity contribution in [3.05, 3.63) is 0 Å². The molecule has 4 atom stereocenters. The van der Waals surface area contributed by atoms with Crippen LogP contribution in [0, 0.1) is 29.6 Å². The number of ketones is 1. The van der Waals surface area contributed by atoms with Gasteiger partial charge < -0.3 is 5.11 Å². The third-order valence-corrected chi connectivity index (χ3v) is 4.83. The number of rotatable bonds is 1. The fourth-order valence-electron chi connectivity index (χ4n) is 4.26. The Kier molecular flexibility index (Phi) is 1.23. The summed E-state index contributed by atoms with van der Waals surface area (Å²) in [6.07, 6.45) is 1.95. The summed E-state index contributed by atoms with van der Waals surface area (Å²) in [4.78, 5) is 11.6. The summed E-state index contributed by atoms with van der Waals surface area (Å²) in [5.41, 5.74) is -0.497. The normalized spacial score (nSPS) is 57.4. The van der Waals surface area contributed by atoms with Crippen LogP contribution in [0.5, 0.6) is 0 Å². The van der Waals surface area contributed by atoms with E-state index in [-0.39, 0.29) is 11.8 Å². The van der Waals surface area contributed by atoms with E-state index >= 15 is 0 Å². The summed E-state index contributed by atoms with van der Waals surface area (Å²) in [6.45, 7) is 4.17. The lowest BCUT2D eigenvalue weighted by molar-refractivity contribution is -0.130. The van der Waals surface area contributed by atoms with Gasteiger partial charge in [-0.2, -0.15) is 0 Å². The first kappa shape index (κ1) is 7.98. The molecule has 4 aliphatic rings. The topological polar surface area (TPSA) is 37.3 Å². The molecule has 0 aromatic carbocycles. The number of Topliss-reactive ketones (excluding diaryl/α,β-unsaturated/α-hetero) is 1. The Balaban J connectivity index is 2.05. The molecule has 4 bridgehead atoms. The second-order valence-corrected chi connectivity index (χ2v) is 5.34. The molecule has 4 rings (SSSR count). The van der Waals surface area contributed by atoms with Crippen LogP contribution < -0.4 is 0 Å². The monoisotopic (exact) mass is 180 g/mol. The van der Waals surface area contributed by atoms with Gasteiger partial charge in [0.2, 0.25) is 0 Å². The van der Waals surface area contributed by atoms with Gasteiger partial charge >= 0.3 is 0 Å². The number of carbonyl (C=O) groups excluding carboxylic acids is 1. The van der Waals surface area contributed by atoms with Gasteiger partial charge in [-0.3, -0.25) is 4.79 Å². The molecule has 0 aromatic rings. The molecule has 0 aliphatic heterocycles. The minimum atomic E-state index is -0.497. The van der Waals surface area contributed by atoms with E-state index in [1.54, 1.807) is 0 Å². The second kappa shape index (κ2) is 2.00. The van der Waals surface area contributed by atoms with Gasteiger partial charge in [0, 0.05) is 11.8 Å². The minimum Gasteiger partial charge on any atom is -0.389 e. The summed E-state index contributed by atoms with van der Waals surface area (Å²) in [7, 11) is 0. The smallest absolute Gasteiger partial charge is 0.139 e. The average molecular weight is 180 g/mol. The summed E-state index contributed by atoms with van der Waals surface area (Å²) >= 11 is 0. The van der Waals surface area contributed by atoms with Crippen molar-refractivity contribution in [2.75, 3.05) is 0 Å². The first-order valence-corrected chi connectivity index (χ1v) is 5.33. The van der Waals surface area contributed by atoms with Gasteiger partial charge in [-0.15, -0.1) is 0 Å². The largest absolute Gasteiger partial charge is 0.389 e. The fourth-order valence-corrected chi connectivity index (χ4v) is 4.26. The third-order valence-electron chi connectivity index (χ3n) is 4.83. The number of hydrogen-bond acceptors (Lipinski definition) is 2. The van der Waals surface area contributed by atoms with E-state index in [0.717, 1.165) is 12.8 Å². The second-order valence-electron chi connectivity index (χ2n) is 5.34. The summed E-state index contributed by atoms with van der Waals surface area (Å²) in [5.74, 6) is 1.82. The molecule has 0 heterocycles. The Morgan fingerprint density at radius 2 is 1.77 bits per heavy atom. The SMILES string of the molecule is CC(C)C1(O)[C@H]2C[C@@H]3C(=O)[C@H]2C[C@@H]31. The van der Waals surface area contributed by atoms with Crippen molar-refractivity contribution in [1.82, 2.24) is 0 Å². The molecule has 0 aromatic heterocycles.